The Morgan fingerprint density at radius 1 is 1.62 bits per heavy atom. The monoisotopic (exact) mass is 257 g/mol. The topological polar surface area (TPSA) is 29.5 Å². The van der Waals surface area contributed by atoms with Gasteiger partial charge in [-0.3, -0.25) is 4.79 Å². The van der Waals surface area contributed by atoms with Gasteiger partial charge in [-0.05, 0) is 18.4 Å². The number of thiophene rings is 1. The summed E-state index contributed by atoms with van der Waals surface area (Å²) in [6, 6.07) is 4.12. The molecule has 1 atom stereocenters. The van der Waals surface area contributed by atoms with Crippen LogP contribution < -0.4 is 0 Å². The lowest BCUT2D eigenvalue weighted by Gasteiger charge is -2.22. The number of rotatable bonds is 5. The maximum atomic E-state index is 11.7. The van der Waals surface area contributed by atoms with E-state index in [1.165, 1.54) is 4.88 Å². The van der Waals surface area contributed by atoms with Crippen LogP contribution >= 0.6 is 23.1 Å². The molecule has 0 radical (unpaired) electrons. The van der Waals surface area contributed by atoms with Gasteiger partial charge in [0.05, 0.1) is 12.4 Å². The maximum absolute atomic E-state index is 11.7. The van der Waals surface area contributed by atoms with Crippen LogP contribution in [-0.2, 0) is 9.53 Å². The molecule has 0 spiro atoms. The molecule has 1 aliphatic rings. The molecule has 16 heavy (non-hydrogen) atoms. The summed E-state index contributed by atoms with van der Waals surface area (Å²) in [5.74, 6) is 0.817. The predicted octanol–water partition coefficient (Wildman–Crippen LogP) is 2.36. The van der Waals surface area contributed by atoms with Crippen molar-refractivity contribution in [2.24, 2.45) is 0 Å². The van der Waals surface area contributed by atoms with Crippen molar-refractivity contribution < 1.29 is 9.53 Å². The molecule has 1 saturated heterocycles. The van der Waals surface area contributed by atoms with Crippen LogP contribution in [0.25, 0.3) is 0 Å². The average Bonchev–Trinajstić information content (AvgIpc) is 2.89. The van der Waals surface area contributed by atoms with Gasteiger partial charge in [0.1, 0.15) is 5.37 Å². The van der Waals surface area contributed by atoms with Gasteiger partial charge in [-0.2, -0.15) is 0 Å². The smallest absolute Gasteiger partial charge is 0.233 e. The minimum absolute atomic E-state index is 0.202. The number of amides is 1. The fourth-order valence-corrected chi connectivity index (χ4v) is 3.87. The average molecular weight is 257 g/mol. The molecule has 2 rings (SSSR count). The zero-order valence-electron chi connectivity index (χ0n) is 9.22. The zero-order chi connectivity index (χ0) is 11.4. The largest absolute Gasteiger partial charge is 0.380 e. The van der Waals surface area contributed by atoms with Crippen LogP contribution in [0.5, 0.6) is 0 Å². The number of carbonyl (C=O) groups excluding carboxylic acids is 1. The lowest BCUT2D eigenvalue weighted by Crippen LogP contribution is -2.31. The van der Waals surface area contributed by atoms with Crippen molar-refractivity contribution in [3.63, 3.8) is 0 Å². The van der Waals surface area contributed by atoms with Crippen molar-refractivity contribution in [2.45, 2.75) is 12.3 Å². The van der Waals surface area contributed by atoms with Gasteiger partial charge in [0, 0.05) is 18.0 Å². The summed E-state index contributed by atoms with van der Waals surface area (Å²) in [5, 5.41) is 2.26. The third-order valence-electron chi connectivity index (χ3n) is 2.44. The van der Waals surface area contributed by atoms with Crippen molar-refractivity contribution in [1.29, 1.82) is 0 Å². The number of ether oxygens (including phenoxy) is 1. The molecule has 1 aromatic rings. The number of carbonyl (C=O) groups is 1. The summed E-state index contributed by atoms with van der Waals surface area (Å²) >= 11 is 3.42. The van der Waals surface area contributed by atoms with E-state index in [1.807, 2.05) is 17.9 Å². The normalized spacial score (nSPS) is 20.7. The van der Waals surface area contributed by atoms with E-state index in [0.29, 0.717) is 25.5 Å². The first kappa shape index (κ1) is 12.0. The van der Waals surface area contributed by atoms with E-state index in [2.05, 4.69) is 11.4 Å². The van der Waals surface area contributed by atoms with Gasteiger partial charge in [0.15, 0.2) is 0 Å². The van der Waals surface area contributed by atoms with E-state index < -0.39 is 0 Å². The lowest BCUT2D eigenvalue weighted by molar-refractivity contribution is -0.128. The molecule has 1 amide bonds. The summed E-state index contributed by atoms with van der Waals surface area (Å²) < 4.78 is 5.31. The van der Waals surface area contributed by atoms with Crippen LogP contribution in [0.1, 0.15) is 17.2 Å². The first-order valence-electron chi connectivity index (χ1n) is 5.35. The van der Waals surface area contributed by atoms with Gasteiger partial charge in [-0.15, -0.1) is 23.1 Å². The van der Waals surface area contributed by atoms with E-state index in [-0.39, 0.29) is 11.3 Å². The maximum Gasteiger partial charge on any atom is 0.233 e. The van der Waals surface area contributed by atoms with Crippen molar-refractivity contribution in [2.75, 3.05) is 25.5 Å². The van der Waals surface area contributed by atoms with E-state index in [9.17, 15) is 4.79 Å². The van der Waals surface area contributed by atoms with Gasteiger partial charge < -0.3 is 9.64 Å². The van der Waals surface area contributed by atoms with E-state index >= 15 is 0 Å². The number of nitrogens with zero attached hydrogens (tertiary/aromatic N) is 1. The third-order valence-corrected chi connectivity index (χ3v) is 4.75. The Hall–Kier alpha value is -0.520. The van der Waals surface area contributed by atoms with E-state index in [0.717, 1.165) is 0 Å². The van der Waals surface area contributed by atoms with Crippen LogP contribution in [0, 0.1) is 0 Å². The van der Waals surface area contributed by atoms with E-state index in [1.54, 1.807) is 23.1 Å². The van der Waals surface area contributed by atoms with Crippen molar-refractivity contribution in [3.05, 3.63) is 22.4 Å². The Labute approximate surface area is 104 Å². The molecule has 5 heteroatoms. The Balaban J connectivity index is 1.99. The molecule has 1 fully saturated rings. The first-order chi connectivity index (χ1) is 7.83. The van der Waals surface area contributed by atoms with Crippen molar-refractivity contribution in [1.82, 2.24) is 4.90 Å². The van der Waals surface area contributed by atoms with Crippen molar-refractivity contribution >= 4 is 29.0 Å². The number of thioether (sulfide) groups is 1. The molecule has 0 saturated carbocycles. The molecule has 0 bridgehead atoms. The second-order valence-electron chi connectivity index (χ2n) is 3.46. The second kappa shape index (κ2) is 5.70. The Bertz CT molecular complexity index is 340. The van der Waals surface area contributed by atoms with Gasteiger partial charge in [0.2, 0.25) is 5.91 Å². The van der Waals surface area contributed by atoms with Crippen LogP contribution in [0.2, 0.25) is 0 Å². The van der Waals surface area contributed by atoms with Gasteiger partial charge in [-0.25, -0.2) is 0 Å². The molecule has 1 aliphatic heterocycles. The summed E-state index contributed by atoms with van der Waals surface area (Å²) in [7, 11) is 0. The summed E-state index contributed by atoms with van der Waals surface area (Å²) in [6.45, 7) is 4.00. The summed E-state index contributed by atoms with van der Waals surface area (Å²) in [4.78, 5) is 14.9. The molecule has 88 valence electrons. The number of hydrogen-bond donors (Lipinski definition) is 0. The second-order valence-corrected chi connectivity index (χ2v) is 5.51. The van der Waals surface area contributed by atoms with Crippen molar-refractivity contribution in [3.8, 4) is 0 Å². The lowest BCUT2D eigenvalue weighted by atomic mass is 10.4. The Kier molecular flexibility index (Phi) is 4.26. The Morgan fingerprint density at radius 2 is 2.50 bits per heavy atom. The highest BCUT2D eigenvalue weighted by Crippen LogP contribution is 2.40. The quantitative estimate of drug-likeness (QED) is 0.758. The van der Waals surface area contributed by atoms with Gasteiger partial charge in [0.25, 0.3) is 0 Å². The van der Waals surface area contributed by atoms with Gasteiger partial charge >= 0.3 is 0 Å². The Morgan fingerprint density at radius 3 is 3.19 bits per heavy atom. The molecule has 3 nitrogen and oxygen atoms in total. The molecule has 0 aromatic carbocycles. The summed E-state index contributed by atoms with van der Waals surface area (Å²) in [6.07, 6.45) is 0. The minimum atomic E-state index is 0.202. The molecule has 2 heterocycles. The predicted molar refractivity (Wildman–Crippen MR) is 67.7 cm³/mol. The minimum Gasteiger partial charge on any atom is -0.380 e. The van der Waals surface area contributed by atoms with Crippen LogP contribution in [0.15, 0.2) is 17.5 Å². The highest BCUT2D eigenvalue weighted by molar-refractivity contribution is 8.00. The fourth-order valence-electron chi connectivity index (χ4n) is 1.67. The van der Waals surface area contributed by atoms with Crippen LogP contribution in [0.3, 0.4) is 0 Å². The first-order valence-corrected chi connectivity index (χ1v) is 7.28. The third kappa shape index (κ3) is 2.59. The zero-order valence-corrected chi connectivity index (χ0v) is 10.9. The standard InChI is InChI=1S/C11H15NO2S2/c1-2-14-6-5-12-10(13)8-16-11(12)9-4-3-7-15-9/h3-4,7,11H,2,5-6,8H2,1H3. The molecular formula is C11H15NO2S2. The molecule has 0 N–H and O–H groups in total. The summed E-state index contributed by atoms with van der Waals surface area (Å²) in [5.41, 5.74) is 0. The van der Waals surface area contributed by atoms with Crippen LogP contribution in [-0.4, -0.2) is 36.3 Å². The molecule has 0 aliphatic carbocycles. The molecular weight excluding hydrogens is 242 g/mol. The van der Waals surface area contributed by atoms with Gasteiger partial charge in [-0.1, -0.05) is 6.07 Å². The molecule has 1 unspecified atom stereocenters. The van der Waals surface area contributed by atoms with E-state index in [4.69, 9.17) is 4.74 Å². The molecule has 1 aromatic heterocycles. The highest BCUT2D eigenvalue weighted by Gasteiger charge is 2.32. The SMILES string of the molecule is CCOCCN1C(=O)CSC1c1cccs1. The fraction of sp³-hybridized carbons (Fsp3) is 0.545. The highest BCUT2D eigenvalue weighted by atomic mass is 32.2. The van der Waals surface area contributed by atoms with Crippen LogP contribution in [0.4, 0.5) is 0 Å². The number of hydrogen-bond acceptors (Lipinski definition) is 4.